The van der Waals surface area contributed by atoms with E-state index in [0.29, 0.717) is 18.1 Å². The fraction of sp³-hybridized carbons (Fsp3) is 0.467. The normalized spacial score (nSPS) is 16.3. The van der Waals surface area contributed by atoms with Crippen molar-refractivity contribution in [3.05, 3.63) is 35.5 Å². The Kier molecular flexibility index (Phi) is 3.88. The molecule has 21 heavy (non-hydrogen) atoms. The molecule has 112 valence electrons. The lowest BCUT2D eigenvalue weighted by molar-refractivity contribution is 0.0641. The summed E-state index contributed by atoms with van der Waals surface area (Å²) in [7, 11) is 0. The number of hydrogen-bond acceptors (Lipinski definition) is 3. The molecule has 1 N–H and O–H groups in total. The van der Waals surface area contributed by atoms with Gasteiger partial charge in [0.05, 0.1) is 0 Å². The lowest BCUT2D eigenvalue weighted by Gasteiger charge is -2.21. The monoisotopic (exact) mass is 291 g/mol. The maximum Gasteiger partial charge on any atom is 0.274 e. The highest BCUT2D eigenvalue weighted by Crippen LogP contribution is 2.15. The molecule has 1 aliphatic heterocycles. The fourth-order valence-electron chi connectivity index (χ4n) is 2.54. The van der Waals surface area contributed by atoms with E-state index >= 15 is 0 Å². The molecule has 6 heteroatoms. The molecule has 1 saturated heterocycles. The first-order chi connectivity index (χ1) is 10.1. The van der Waals surface area contributed by atoms with Gasteiger partial charge in [0.1, 0.15) is 5.65 Å². The van der Waals surface area contributed by atoms with Crippen LogP contribution in [0, 0.1) is 18.8 Å². The first-order valence-electron chi connectivity index (χ1n) is 7.15. The standard InChI is InChI=1S/C15H18FN3O2/c1-10-2-3-12-18-13(14(16)19(12)9-10)15(20)17-8-11-4-6-21-7-5-11/h2-3,9,11H,4-8H2,1H3,(H,17,20). The average molecular weight is 291 g/mol. The number of carbonyl (C=O) groups excluding carboxylic acids is 1. The summed E-state index contributed by atoms with van der Waals surface area (Å²) in [5.41, 5.74) is 1.20. The number of pyridine rings is 1. The second-order valence-electron chi connectivity index (χ2n) is 5.45. The van der Waals surface area contributed by atoms with Gasteiger partial charge in [-0.25, -0.2) is 4.98 Å². The smallest absolute Gasteiger partial charge is 0.274 e. The highest BCUT2D eigenvalue weighted by molar-refractivity contribution is 5.93. The molecule has 1 fully saturated rings. The van der Waals surface area contributed by atoms with E-state index in [-0.39, 0.29) is 5.69 Å². The van der Waals surface area contributed by atoms with E-state index in [1.54, 1.807) is 12.3 Å². The van der Waals surface area contributed by atoms with E-state index in [4.69, 9.17) is 4.74 Å². The van der Waals surface area contributed by atoms with Crippen LogP contribution in [-0.2, 0) is 4.74 Å². The zero-order valence-corrected chi connectivity index (χ0v) is 11.9. The van der Waals surface area contributed by atoms with Crippen LogP contribution < -0.4 is 5.32 Å². The molecule has 0 bridgehead atoms. The average Bonchev–Trinajstić information content (AvgIpc) is 2.83. The van der Waals surface area contributed by atoms with Crippen molar-refractivity contribution in [3.63, 3.8) is 0 Å². The number of rotatable bonds is 3. The number of aryl methyl sites for hydroxylation is 1. The number of fused-ring (bicyclic) bond motifs is 1. The minimum absolute atomic E-state index is 0.146. The Bertz CT molecular complexity index is 662. The Balaban J connectivity index is 1.73. The van der Waals surface area contributed by atoms with Gasteiger partial charge in [0, 0.05) is 26.0 Å². The van der Waals surface area contributed by atoms with E-state index < -0.39 is 11.9 Å². The second kappa shape index (κ2) is 5.81. The number of imidazole rings is 1. The highest BCUT2D eigenvalue weighted by atomic mass is 19.1. The van der Waals surface area contributed by atoms with E-state index in [1.165, 1.54) is 4.40 Å². The van der Waals surface area contributed by atoms with E-state index in [0.717, 1.165) is 31.6 Å². The molecule has 2 aromatic heterocycles. The van der Waals surface area contributed by atoms with Crippen LogP contribution in [0.4, 0.5) is 4.39 Å². The summed E-state index contributed by atoms with van der Waals surface area (Å²) in [5, 5.41) is 2.77. The van der Waals surface area contributed by atoms with Crippen molar-refractivity contribution in [1.29, 1.82) is 0 Å². The Morgan fingerprint density at radius 1 is 1.48 bits per heavy atom. The number of nitrogens with one attached hydrogen (secondary N) is 1. The number of amides is 1. The van der Waals surface area contributed by atoms with Crippen LogP contribution in [0.5, 0.6) is 0 Å². The molecule has 0 aliphatic carbocycles. The summed E-state index contributed by atoms with van der Waals surface area (Å²) in [6.07, 6.45) is 3.48. The van der Waals surface area contributed by atoms with Gasteiger partial charge in [0.25, 0.3) is 5.91 Å². The fourth-order valence-corrected chi connectivity index (χ4v) is 2.54. The van der Waals surface area contributed by atoms with E-state index in [1.807, 2.05) is 13.0 Å². The largest absolute Gasteiger partial charge is 0.381 e. The van der Waals surface area contributed by atoms with Crippen LogP contribution in [0.2, 0.25) is 0 Å². The number of halogens is 1. The Morgan fingerprint density at radius 3 is 3.00 bits per heavy atom. The van der Waals surface area contributed by atoms with Crippen LogP contribution >= 0.6 is 0 Å². The molecule has 5 nitrogen and oxygen atoms in total. The van der Waals surface area contributed by atoms with Gasteiger partial charge in [-0.3, -0.25) is 9.20 Å². The van der Waals surface area contributed by atoms with Gasteiger partial charge in [0.15, 0.2) is 5.69 Å². The van der Waals surface area contributed by atoms with Gasteiger partial charge >= 0.3 is 0 Å². The van der Waals surface area contributed by atoms with Gasteiger partial charge < -0.3 is 10.1 Å². The van der Waals surface area contributed by atoms with Crippen LogP contribution in [-0.4, -0.2) is 35.1 Å². The molecule has 0 unspecified atom stereocenters. The zero-order chi connectivity index (χ0) is 14.8. The third kappa shape index (κ3) is 2.90. The Hall–Kier alpha value is -1.95. The second-order valence-corrected chi connectivity index (χ2v) is 5.45. The van der Waals surface area contributed by atoms with Crippen molar-refractivity contribution >= 4 is 11.6 Å². The molecule has 0 atom stereocenters. The topological polar surface area (TPSA) is 55.6 Å². The minimum Gasteiger partial charge on any atom is -0.381 e. The number of nitrogens with zero attached hydrogens (tertiary/aromatic N) is 2. The molecule has 0 radical (unpaired) electrons. The first-order valence-corrected chi connectivity index (χ1v) is 7.15. The molecular formula is C15H18FN3O2. The molecule has 3 rings (SSSR count). The minimum atomic E-state index is -0.613. The van der Waals surface area contributed by atoms with Gasteiger partial charge in [-0.05, 0) is 37.3 Å². The number of hydrogen-bond donors (Lipinski definition) is 1. The molecule has 2 aromatic rings. The predicted octanol–water partition coefficient (Wildman–Crippen LogP) is 1.94. The SMILES string of the molecule is Cc1ccc2nc(C(=O)NCC3CCOCC3)c(F)n2c1. The third-order valence-electron chi connectivity index (χ3n) is 3.82. The molecule has 3 heterocycles. The van der Waals surface area contributed by atoms with E-state index in [9.17, 15) is 9.18 Å². The molecule has 1 amide bonds. The van der Waals surface area contributed by atoms with Crippen molar-refractivity contribution in [1.82, 2.24) is 14.7 Å². The number of aromatic nitrogens is 2. The third-order valence-corrected chi connectivity index (χ3v) is 3.82. The van der Waals surface area contributed by atoms with Crippen molar-refractivity contribution in [3.8, 4) is 0 Å². The van der Waals surface area contributed by atoms with Crippen LogP contribution in [0.15, 0.2) is 18.3 Å². The van der Waals surface area contributed by atoms with Crippen molar-refractivity contribution in [2.45, 2.75) is 19.8 Å². The molecule has 0 saturated carbocycles. The van der Waals surface area contributed by atoms with Crippen LogP contribution in [0.3, 0.4) is 0 Å². The van der Waals surface area contributed by atoms with Gasteiger partial charge in [-0.1, -0.05) is 6.07 Å². The Morgan fingerprint density at radius 2 is 2.24 bits per heavy atom. The highest BCUT2D eigenvalue weighted by Gasteiger charge is 2.21. The summed E-state index contributed by atoms with van der Waals surface area (Å²) in [5.74, 6) is -0.677. The molecule has 0 aromatic carbocycles. The zero-order valence-electron chi connectivity index (χ0n) is 11.9. The van der Waals surface area contributed by atoms with Gasteiger partial charge in [-0.2, -0.15) is 4.39 Å². The van der Waals surface area contributed by atoms with Gasteiger partial charge in [-0.15, -0.1) is 0 Å². The summed E-state index contributed by atoms with van der Waals surface area (Å²) in [6.45, 7) is 3.85. The molecule has 1 aliphatic rings. The lowest BCUT2D eigenvalue weighted by atomic mass is 10.0. The van der Waals surface area contributed by atoms with Gasteiger partial charge in [0.2, 0.25) is 5.95 Å². The van der Waals surface area contributed by atoms with Crippen LogP contribution in [0.1, 0.15) is 28.9 Å². The predicted molar refractivity (Wildman–Crippen MR) is 75.8 cm³/mol. The lowest BCUT2D eigenvalue weighted by Crippen LogP contribution is -2.32. The molecular weight excluding hydrogens is 273 g/mol. The summed E-state index contributed by atoms with van der Waals surface area (Å²) in [4.78, 5) is 16.2. The summed E-state index contributed by atoms with van der Waals surface area (Å²) >= 11 is 0. The summed E-state index contributed by atoms with van der Waals surface area (Å²) < 4.78 is 20.8. The number of ether oxygens (including phenoxy) is 1. The number of carbonyl (C=O) groups is 1. The van der Waals surface area contributed by atoms with Crippen molar-refractivity contribution < 1.29 is 13.9 Å². The maximum atomic E-state index is 14.2. The van der Waals surface area contributed by atoms with Crippen molar-refractivity contribution in [2.24, 2.45) is 5.92 Å². The molecule has 0 spiro atoms. The summed E-state index contributed by atoms with van der Waals surface area (Å²) in [6, 6.07) is 3.54. The van der Waals surface area contributed by atoms with Crippen LogP contribution in [0.25, 0.3) is 5.65 Å². The first kappa shape index (κ1) is 14.0. The maximum absolute atomic E-state index is 14.2. The Labute approximate surface area is 122 Å². The van der Waals surface area contributed by atoms with E-state index in [2.05, 4.69) is 10.3 Å². The van der Waals surface area contributed by atoms with Crippen molar-refractivity contribution in [2.75, 3.05) is 19.8 Å². The quantitative estimate of drug-likeness (QED) is 0.940.